The van der Waals surface area contributed by atoms with Crippen molar-refractivity contribution in [2.45, 2.75) is 25.9 Å². The van der Waals surface area contributed by atoms with Gasteiger partial charge in [-0.2, -0.15) is 0 Å². The van der Waals surface area contributed by atoms with Crippen LogP contribution in [0.15, 0.2) is 36.4 Å². The number of ether oxygens (including phenoxy) is 1. The van der Waals surface area contributed by atoms with E-state index in [-0.39, 0.29) is 12.4 Å². The van der Waals surface area contributed by atoms with Gasteiger partial charge in [0.1, 0.15) is 5.82 Å². The molecule has 0 bridgehead atoms. The Labute approximate surface area is 153 Å². The molecule has 0 amide bonds. The molecule has 2 N–H and O–H groups in total. The number of pyridine rings is 1. The van der Waals surface area contributed by atoms with Crippen LogP contribution in [0.25, 0.3) is 0 Å². The van der Waals surface area contributed by atoms with Gasteiger partial charge in [0.25, 0.3) is 0 Å². The maximum absolute atomic E-state index is 13.2. The normalized spacial score (nSPS) is 23.1. The molecule has 26 heavy (non-hydrogen) atoms. The molecular formula is C20H25FN2O3. The van der Waals surface area contributed by atoms with E-state index in [1.54, 1.807) is 19.2 Å². The predicted molar refractivity (Wildman–Crippen MR) is 98.0 cm³/mol. The highest BCUT2D eigenvalue weighted by molar-refractivity contribution is 5.53. The van der Waals surface area contributed by atoms with E-state index in [2.05, 4.69) is 9.88 Å². The Morgan fingerprint density at radius 3 is 2.65 bits per heavy atom. The van der Waals surface area contributed by atoms with Gasteiger partial charge in [0.15, 0.2) is 11.6 Å². The number of benzene rings is 1. The lowest BCUT2D eigenvalue weighted by Crippen LogP contribution is -2.55. The van der Waals surface area contributed by atoms with E-state index in [0.717, 1.165) is 17.1 Å². The first-order valence-electron chi connectivity index (χ1n) is 8.77. The molecule has 3 rings (SSSR count). The van der Waals surface area contributed by atoms with Crippen LogP contribution in [-0.2, 0) is 6.42 Å². The van der Waals surface area contributed by atoms with Crippen molar-refractivity contribution in [2.75, 3.05) is 31.7 Å². The molecule has 5 nitrogen and oxygen atoms in total. The Morgan fingerprint density at radius 1 is 1.27 bits per heavy atom. The Kier molecular flexibility index (Phi) is 5.44. The van der Waals surface area contributed by atoms with Crippen molar-refractivity contribution in [3.05, 3.63) is 53.5 Å². The second-order valence-corrected chi connectivity index (χ2v) is 7.03. The standard InChI is InChI=1S/C20H25FN2O3/c1-14-3-8-17(26-2)19(22-14)23-10-9-18(25)20(12-23,13-24)11-15-4-6-16(21)7-5-15/h3-8,18,24-25H,9-13H2,1-2H3/t18-,20-/m0/s1. The molecule has 0 spiro atoms. The number of hydrogen-bond acceptors (Lipinski definition) is 5. The molecule has 0 radical (unpaired) electrons. The number of rotatable bonds is 5. The van der Waals surface area contributed by atoms with E-state index in [1.165, 1.54) is 12.1 Å². The molecule has 1 aromatic carbocycles. The van der Waals surface area contributed by atoms with Gasteiger partial charge in [-0.25, -0.2) is 9.37 Å². The van der Waals surface area contributed by atoms with Crippen LogP contribution in [0.2, 0.25) is 0 Å². The Hall–Kier alpha value is -2.18. The zero-order valence-electron chi connectivity index (χ0n) is 15.2. The first kappa shape index (κ1) is 18.6. The minimum atomic E-state index is -0.744. The molecule has 140 valence electrons. The molecule has 2 aromatic rings. The minimum absolute atomic E-state index is 0.170. The third-order valence-electron chi connectivity index (χ3n) is 5.17. The summed E-state index contributed by atoms with van der Waals surface area (Å²) in [7, 11) is 1.60. The van der Waals surface area contributed by atoms with Crippen molar-refractivity contribution in [1.82, 2.24) is 4.98 Å². The van der Waals surface area contributed by atoms with Gasteiger partial charge in [-0.3, -0.25) is 0 Å². The van der Waals surface area contributed by atoms with Gasteiger partial charge in [-0.1, -0.05) is 12.1 Å². The second-order valence-electron chi connectivity index (χ2n) is 7.03. The summed E-state index contributed by atoms with van der Waals surface area (Å²) in [4.78, 5) is 6.65. The number of aryl methyl sites for hydroxylation is 1. The molecule has 1 aliphatic heterocycles. The molecule has 1 saturated heterocycles. The summed E-state index contributed by atoms with van der Waals surface area (Å²) in [5, 5.41) is 20.8. The number of aliphatic hydroxyl groups excluding tert-OH is 2. The summed E-state index contributed by atoms with van der Waals surface area (Å²) < 4.78 is 18.6. The fourth-order valence-corrected chi connectivity index (χ4v) is 3.64. The monoisotopic (exact) mass is 360 g/mol. The summed E-state index contributed by atoms with van der Waals surface area (Å²) in [6.45, 7) is 2.81. The number of piperidine rings is 1. The van der Waals surface area contributed by atoms with Gasteiger partial charge in [0.2, 0.25) is 0 Å². The van der Waals surface area contributed by atoms with E-state index in [4.69, 9.17) is 4.74 Å². The first-order valence-corrected chi connectivity index (χ1v) is 8.77. The second kappa shape index (κ2) is 7.60. The first-order chi connectivity index (χ1) is 12.5. The van der Waals surface area contributed by atoms with Crippen molar-refractivity contribution >= 4 is 5.82 Å². The van der Waals surface area contributed by atoms with Crippen LogP contribution < -0.4 is 9.64 Å². The smallest absolute Gasteiger partial charge is 0.171 e. The van der Waals surface area contributed by atoms with Crippen LogP contribution in [-0.4, -0.2) is 48.1 Å². The third kappa shape index (κ3) is 3.66. The topological polar surface area (TPSA) is 65.8 Å². The van der Waals surface area contributed by atoms with E-state index in [0.29, 0.717) is 31.7 Å². The lowest BCUT2D eigenvalue weighted by molar-refractivity contribution is -0.0293. The van der Waals surface area contributed by atoms with Gasteiger partial charge in [-0.05, 0) is 49.6 Å². The molecule has 0 unspecified atom stereocenters. The van der Waals surface area contributed by atoms with Gasteiger partial charge in [0, 0.05) is 24.2 Å². The Morgan fingerprint density at radius 2 is 2.00 bits per heavy atom. The van der Waals surface area contributed by atoms with Gasteiger partial charge in [-0.15, -0.1) is 0 Å². The number of hydrogen-bond donors (Lipinski definition) is 2. The molecule has 0 saturated carbocycles. The number of anilines is 1. The highest BCUT2D eigenvalue weighted by Gasteiger charge is 2.43. The van der Waals surface area contributed by atoms with Crippen LogP contribution in [0.3, 0.4) is 0 Å². The minimum Gasteiger partial charge on any atom is -0.493 e. The largest absolute Gasteiger partial charge is 0.493 e. The molecule has 2 atom stereocenters. The Balaban J connectivity index is 1.90. The zero-order valence-corrected chi connectivity index (χ0v) is 15.2. The van der Waals surface area contributed by atoms with Crippen LogP contribution >= 0.6 is 0 Å². The summed E-state index contributed by atoms with van der Waals surface area (Å²) in [5.74, 6) is 1.09. The van der Waals surface area contributed by atoms with Crippen molar-refractivity contribution in [2.24, 2.45) is 5.41 Å². The molecule has 1 aromatic heterocycles. The van der Waals surface area contributed by atoms with Gasteiger partial charge < -0.3 is 19.8 Å². The van der Waals surface area contributed by atoms with Crippen molar-refractivity contribution < 1.29 is 19.3 Å². The van der Waals surface area contributed by atoms with E-state index >= 15 is 0 Å². The number of nitrogens with zero attached hydrogens (tertiary/aromatic N) is 2. The highest BCUT2D eigenvalue weighted by Crippen LogP contribution is 2.38. The molecule has 2 heterocycles. The molecular weight excluding hydrogens is 335 g/mol. The van der Waals surface area contributed by atoms with Crippen LogP contribution in [0.1, 0.15) is 17.7 Å². The molecule has 1 fully saturated rings. The summed E-state index contributed by atoms with van der Waals surface area (Å²) in [5.41, 5.74) is 1.01. The summed E-state index contributed by atoms with van der Waals surface area (Å²) >= 11 is 0. The summed E-state index contributed by atoms with van der Waals surface area (Å²) in [6.07, 6.45) is 0.320. The van der Waals surface area contributed by atoms with Gasteiger partial charge >= 0.3 is 0 Å². The lowest BCUT2D eigenvalue weighted by atomic mass is 9.73. The van der Waals surface area contributed by atoms with Crippen LogP contribution in [0.4, 0.5) is 10.2 Å². The average Bonchev–Trinajstić information content (AvgIpc) is 2.65. The number of aromatic nitrogens is 1. The highest BCUT2D eigenvalue weighted by atomic mass is 19.1. The predicted octanol–water partition coefficient (Wildman–Crippen LogP) is 2.33. The third-order valence-corrected chi connectivity index (χ3v) is 5.17. The Bertz CT molecular complexity index is 753. The SMILES string of the molecule is COc1ccc(C)nc1N1CC[C@H](O)[C@@](CO)(Cc2ccc(F)cc2)C1. The van der Waals surface area contributed by atoms with E-state index in [9.17, 15) is 14.6 Å². The average molecular weight is 360 g/mol. The molecule has 6 heteroatoms. The zero-order chi connectivity index (χ0) is 18.7. The van der Waals surface area contributed by atoms with Crippen molar-refractivity contribution in [3.63, 3.8) is 0 Å². The van der Waals surface area contributed by atoms with Crippen molar-refractivity contribution in [3.8, 4) is 5.75 Å². The van der Waals surface area contributed by atoms with Crippen molar-refractivity contribution in [1.29, 1.82) is 0 Å². The fraction of sp³-hybridized carbons (Fsp3) is 0.450. The van der Waals surface area contributed by atoms with Crippen LogP contribution in [0.5, 0.6) is 5.75 Å². The van der Waals surface area contributed by atoms with Gasteiger partial charge in [0.05, 0.1) is 19.8 Å². The maximum atomic E-state index is 13.2. The van der Waals surface area contributed by atoms with E-state index in [1.807, 2.05) is 19.1 Å². The summed E-state index contributed by atoms with van der Waals surface area (Å²) in [6, 6.07) is 9.97. The number of halogens is 1. The lowest BCUT2D eigenvalue weighted by Gasteiger charge is -2.46. The fourth-order valence-electron chi connectivity index (χ4n) is 3.64. The maximum Gasteiger partial charge on any atom is 0.171 e. The molecule has 1 aliphatic rings. The van der Waals surface area contributed by atoms with Crippen LogP contribution in [0, 0.1) is 18.2 Å². The molecule has 0 aliphatic carbocycles. The quantitative estimate of drug-likeness (QED) is 0.857. The number of aliphatic hydroxyl groups is 2. The number of methoxy groups -OCH3 is 1. The van der Waals surface area contributed by atoms with E-state index < -0.39 is 11.5 Å².